The maximum absolute atomic E-state index is 13.5. The fourth-order valence-corrected chi connectivity index (χ4v) is 7.93. The number of carbonyl (C=O) groups is 1. The van der Waals surface area contributed by atoms with E-state index >= 15 is 0 Å². The van der Waals surface area contributed by atoms with Gasteiger partial charge >= 0.3 is 6.09 Å². The van der Waals surface area contributed by atoms with Gasteiger partial charge in [0.1, 0.15) is 25.1 Å². The molecule has 2 heterocycles. The van der Waals surface area contributed by atoms with E-state index in [1.165, 1.54) is 29.6 Å². The van der Waals surface area contributed by atoms with Gasteiger partial charge in [0.05, 0.1) is 34.6 Å². The van der Waals surface area contributed by atoms with Crippen molar-refractivity contribution in [2.24, 2.45) is 0 Å². The molecule has 2 aliphatic heterocycles. The molecule has 13 nitrogen and oxygen atoms in total. The molecule has 0 aromatic heterocycles. The molecule has 15 heteroatoms. The Bertz CT molecular complexity index is 1760. The first-order valence-electron chi connectivity index (χ1n) is 15.2. The molecule has 0 aliphatic carbocycles. The molecule has 3 aromatic rings. The Morgan fingerprint density at radius 3 is 2.38 bits per heavy atom. The number of rotatable bonds is 12. The van der Waals surface area contributed by atoms with E-state index in [0.717, 1.165) is 16.7 Å². The van der Waals surface area contributed by atoms with E-state index in [9.17, 15) is 31.8 Å². The lowest BCUT2D eigenvalue weighted by Gasteiger charge is -2.38. The van der Waals surface area contributed by atoms with Crippen LogP contribution in [-0.2, 0) is 36.1 Å². The van der Waals surface area contributed by atoms with Crippen LogP contribution in [0.15, 0.2) is 82.6 Å². The Morgan fingerprint density at radius 1 is 0.979 bits per heavy atom. The zero-order valence-electron chi connectivity index (χ0n) is 25.9. The van der Waals surface area contributed by atoms with Crippen LogP contribution in [0.3, 0.4) is 0 Å². The van der Waals surface area contributed by atoms with Gasteiger partial charge in [-0.25, -0.2) is 26.4 Å². The molecule has 2 aliphatic rings. The number of ether oxygens (including phenoxy) is 3. The van der Waals surface area contributed by atoms with Crippen molar-refractivity contribution in [1.82, 2.24) is 14.3 Å². The number of piperidine rings is 1. The summed E-state index contributed by atoms with van der Waals surface area (Å²) in [6.45, 7) is 0.143. The second-order valence-electron chi connectivity index (χ2n) is 11.6. The minimum absolute atomic E-state index is 0.0130. The highest BCUT2D eigenvalue weighted by molar-refractivity contribution is 7.89. The second-order valence-corrected chi connectivity index (χ2v) is 15.4. The van der Waals surface area contributed by atoms with Crippen LogP contribution in [0.25, 0.3) is 11.1 Å². The monoisotopic (exact) mass is 689 g/mol. The van der Waals surface area contributed by atoms with E-state index in [0.29, 0.717) is 19.3 Å². The molecule has 2 atom stereocenters. The van der Waals surface area contributed by atoms with Crippen LogP contribution >= 0.6 is 0 Å². The van der Waals surface area contributed by atoms with Crippen molar-refractivity contribution < 1.29 is 46.1 Å². The summed E-state index contributed by atoms with van der Waals surface area (Å²) in [7, 11) is -6.10. The molecule has 3 aromatic carbocycles. The SMILES string of the molecule is CNS(=O)(=O)c1cccc(OCC(O)COC(=O)NC2COC3(CCN(S(=O)(=O)c4cccc(-c5ccc(CO)cc5)c4)CC3)C2)c1. The van der Waals surface area contributed by atoms with E-state index in [1.54, 1.807) is 36.4 Å². The molecule has 47 heavy (non-hydrogen) atoms. The van der Waals surface area contributed by atoms with Crippen LogP contribution in [-0.4, -0.2) is 95.2 Å². The summed E-state index contributed by atoms with van der Waals surface area (Å²) in [5, 5.41) is 22.3. The number of alkyl carbamates (subject to hydrolysis) is 1. The zero-order valence-corrected chi connectivity index (χ0v) is 27.5. The van der Waals surface area contributed by atoms with E-state index in [1.807, 2.05) is 18.2 Å². The van der Waals surface area contributed by atoms with Crippen molar-refractivity contribution in [3.63, 3.8) is 0 Å². The number of hydrogen-bond donors (Lipinski definition) is 4. The fraction of sp³-hybridized carbons (Fsp3) is 0.406. The highest BCUT2D eigenvalue weighted by atomic mass is 32.2. The number of nitrogens with zero attached hydrogens (tertiary/aromatic N) is 1. The number of aliphatic hydroxyl groups is 2. The molecule has 2 unspecified atom stereocenters. The van der Waals surface area contributed by atoms with Crippen molar-refractivity contribution >= 4 is 26.1 Å². The van der Waals surface area contributed by atoms with Crippen molar-refractivity contribution in [2.45, 2.75) is 53.4 Å². The van der Waals surface area contributed by atoms with Crippen LogP contribution in [0.1, 0.15) is 24.8 Å². The minimum Gasteiger partial charge on any atom is -0.491 e. The van der Waals surface area contributed by atoms with Gasteiger partial charge < -0.3 is 29.7 Å². The third-order valence-corrected chi connectivity index (χ3v) is 11.6. The van der Waals surface area contributed by atoms with Gasteiger partial charge in [-0.3, -0.25) is 0 Å². The number of nitrogens with one attached hydrogen (secondary N) is 2. The number of sulfonamides is 2. The number of hydrogen-bond acceptors (Lipinski definition) is 10. The molecule has 0 radical (unpaired) electrons. The van der Waals surface area contributed by atoms with Gasteiger partial charge in [0, 0.05) is 19.2 Å². The Morgan fingerprint density at radius 2 is 1.68 bits per heavy atom. The molecule has 1 amide bonds. The summed E-state index contributed by atoms with van der Waals surface area (Å²) in [5.41, 5.74) is 1.82. The zero-order chi connectivity index (χ0) is 33.7. The first-order chi connectivity index (χ1) is 22.4. The predicted octanol–water partition coefficient (Wildman–Crippen LogP) is 2.23. The van der Waals surface area contributed by atoms with Crippen LogP contribution in [0.2, 0.25) is 0 Å². The lowest BCUT2D eigenvalue weighted by Crippen LogP contribution is -2.47. The van der Waals surface area contributed by atoms with Gasteiger partial charge in [0.25, 0.3) is 0 Å². The molecular formula is C32H39N3O10S2. The number of carbonyl (C=O) groups excluding carboxylic acids is 1. The molecule has 2 fully saturated rings. The average Bonchev–Trinajstić information content (AvgIpc) is 3.47. The fourth-order valence-electron chi connectivity index (χ4n) is 5.68. The molecule has 0 bridgehead atoms. The standard InChI is InChI=1S/C32H39N3O10S2/c1-33-46(39,40)29-6-3-5-28(17-29)43-21-27(37)22-44-31(38)34-26-18-32(45-20-26)12-14-35(15-13-32)47(41,42)30-7-2-4-25(16-30)24-10-8-23(19-36)9-11-24/h2-11,16-17,26-27,33,36-37H,12-15,18-22H2,1H3,(H,34,38). The predicted molar refractivity (Wildman–Crippen MR) is 172 cm³/mol. The average molecular weight is 690 g/mol. The van der Waals surface area contributed by atoms with E-state index in [4.69, 9.17) is 14.2 Å². The smallest absolute Gasteiger partial charge is 0.407 e. The Kier molecular flexibility index (Phi) is 10.9. The van der Waals surface area contributed by atoms with Crippen molar-refractivity contribution in [2.75, 3.05) is 40.0 Å². The minimum atomic E-state index is -3.75. The van der Waals surface area contributed by atoms with Crippen LogP contribution in [0.4, 0.5) is 4.79 Å². The molecule has 1 spiro atoms. The Balaban J connectivity index is 1.07. The summed E-state index contributed by atoms with van der Waals surface area (Å²) < 4.78 is 71.4. The summed E-state index contributed by atoms with van der Waals surface area (Å²) >= 11 is 0. The van der Waals surface area contributed by atoms with Crippen LogP contribution in [0.5, 0.6) is 5.75 Å². The molecule has 5 rings (SSSR count). The maximum Gasteiger partial charge on any atom is 0.407 e. The Hall–Kier alpha value is -3.57. The number of aliphatic hydroxyl groups excluding tert-OH is 2. The first-order valence-corrected chi connectivity index (χ1v) is 18.1. The second kappa shape index (κ2) is 14.7. The van der Waals surface area contributed by atoms with Crippen LogP contribution < -0.4 is 14.8 Å². The van der Waals surface area contributed by atoms with Crippen molar-refractivity contribution in [1.29, 1.82) is 0 Å². The third kappa shape index (κ3) is 8.48. The lowest BCUT2D eigenvalue weighted by molar-refractivity contribution is -0.0312. The van der Waals surface area contributed by atoms with Gasteiger partial charge in [0.15, 0.2) is 0 Å². The van der Waals surface area contributed by atoms with Crippen LogP contribution in [0, 0.1) is 0 Å². The number of benzene rings is 3. The van der Waals surface area contributed by atoms with Gasteiger partial charge in [-0.15, -0.1) is 0 Å². The topological polar surface area (TPSA) is 181 Å². The van der Waals surface area contributed by atoms with Gasteiger partial charge in [-0.1, -0.05) is 42.5 Å². The van der Waals surface area contributed by atoms with Crippen molar-refractivity contribution in [3.05, 3.63) is 78.4 Å². The first kappa shape index (κ1) is 34.8. The van der Waals surface area contributed by atoms with E-state index in [-0.39, 0.29) is 61.1 Å². The van der Waals surface area contributed by atoms with Gasteiger partial charge in [-0.2, -0.15) is 4.31 Å². The Labute approximate surface area is 274 Å². The lowest BCUT2D eigenvalue weighted by atomic mass is 9.88. The number of amides is 1. The van der Waals surface area contributed by atoms with Gasteiger partial charge in [-0.05, 0) is 67.3 Å². The van der Waals surface area contributed by atoms with E-state index in [2.05, 4.69) is 10.0 Å². The summed E-state index contributed by atoms with van der Waals surface area (Å²) in [4.78, 5) is 12.6. The highest BCUT2D eigenvalue weighted by Gasteiger charge is 2.45. The maximum atomic E-state index is 13.5. The summed E-state index contributed by atoms with van der Waals surface area (Å²) in [6, 6.07) is 19.5. The highest BCUT2D eigenvalue weighted by Crippen LogP contribution is 2.37. The third-order valence-electron chi connectivity index (χ3n) is 8.34. The molecule has 254 valence electrons. The molecule has 0 saturated carbocycles. The normalized spacial score (nSPS) is 18.9. The molecular weight excluding hydrogens is 650 g/mol. The van der Waals surface area contributed by atoms with E-state index < -0.39 is 37.8 Å². The molecule has 4 N–H and O–H groups in total. The summed E-state index contributed by atoms with van der Waals surface area (Å²) in [5.74, 6) is 0.232. The largest absolute Gasteiger partial charge is 0.491 e. The van der Waals surface area contributed by atoms with Gasteiger partial charge in [0.2, 0.25) is 20.0 Å². The quantitative estimate of drug-likeness (QED) is 0.220. The summed E-state index contributed by atoms with van der Waals surface area (Å²) in [6.07, 6.45) is -0.464. The van der Waals surface area contributed by atoms with Crippen molar-refractivity contribution in [3.8, 4) is 16.9 Å². The molecule has 2 saturated heterocycles.